The van der Waals surface area contributed by atoms with Gasteiger partial charge in [0, 0.05) is 22.6 Å². The molecule has 2 aliphatic rings. The Morgan fingerprint density at radius 3 is 2.81 bits per heavy atom. The summed E-state index contributed by atoms with van der Waals surface area (Å²) in [5, 5.41) is 1.11. The number of para-hydroxylation sites is 1. The molecule has 1 aromatic carbocycles. The maximum atomic E-state index is 12.2. The van der Waals surface area contributed by atoms with E-state index in [9.17, 15) is 4.79 Å². The number of benzene rings is 1. The van der Waals surface area contributed by atoms with Gasteiger partial charge in [-0.15, -0.1) is 0 Å². The minimum atomic E-state index is 0.242. The number of fused-ring (bicyclic) bond motifs is 1. The fourth-order valence-corrected chi connectivity index (χ4v) is 4.12. The Labute approximate surface area is 130 Å². The molecule has 0 spiro atoms. The summed E-state index contributed by atoms with van der Waals surface area (Å²) in [6.45, 7) is 3.90. The Kier molecular flexibility index (Phi) is 4.20. The van der Waals surface area contributed by atoms with Gasteiger partial charge < -0.3 is 4.90 Å². The summed E-state index contributed by atoms with van der Waals surface area (Å²) >= 11 is 1.73. The molecule has 1 aliphatic carbocycles. The number of ketones is 1. The van der Waals surface area contributed by atoms with E-state index in [1.807, 2.05) is 13.8 Å². The Bertz CT molecular complexity index is 630. The van der Waals surface area contributed by atoms with E-state index in [0.29, 0.717) is 6.42 Å². The van der Waals surface area contributed by atoms with Crippen molar-refractivity contribution in [2.75, 3.05) is 4.90 Å². The number of Topliss-reactive ketones (excluding diaryl/α,β-unsaturated/α-hetero) is 1. The molecule has 1 aromatic rings. The number of carbonyl (C=O) groups excluding carboxylic acids is 1. The van der Waals surface area contributed by atoms with E-state index in [1.165, 1.54) is 29.1 Å². The lowest BCUT2D eigenvalue weighted by atomic mass is 10.0. The van der Waals surface area contributed by atoms with Gasteiger partial charge >= 0.3 is 0 Å². The second kappa shape index (κ2) is 6.10. The highest BCUT2D eigenvalue weighted by atomic mass is 32.2. The van der Waals surface area contributed by atoms with Crippen LogP contribution < -0.4 is 4.90 Å². The van der Waals surface area contributed by atoms with Crippen molar-refractivity contribution < 1.29 is 4.79 Å². The number of anilines is 1. The summed E-state index contributed by atoms with van der Waals surface area (Å²) in [5.41, 5.74) is 3.48. The van der Waals surface area contributed by atoms with Crippen LogP contribution in [-0.4, -0.2) is 5.78 Å². The molecule has 0 N–H and O–H groups in total. The fourth-order valence-electron chi connectivity index (χ4n) is 2.93. The van der Waals surface area contributed by atoms with E-state index in [0.717, 1.165) is 23.4 Å². The van der Waals surface area contributed by atoms with E-state index < -0.39 is 0 Å². The number of rotatable bonds is 3. The van der Waals surface area contributed by atoms with Crippen molar-refractivity contribution in [1.29, 1.82) is 0 Å². The zero-order valence-electron chi connectivity index (χ0n) is 12.7. The van der Waals surface area contributed by atoms with Gasteiger partial charge in [0.05, 0.1) is 10.7 Å². The molecule has 1 aliphatic heterocycles. The third kappa shape index (κ3) is 2.67. The molecule has 3 rings (SSSR count). The third-order valence-corrected chi connectivity index (χ3v) is 5.38. The first-order chi connectivity index (χ1) is 10.2. The quantitative estimate of drug-likeness (QED) is 0.709. The highest BCUT2D eigenvalue weighted by Gasteiger charge is 2.30. The largest absolute Gasteiger partial charge is 0.307 e. The molecule has 0 unspecified atom stereocenters. The third-order valence-electron chi connectivity index (χ3n) is 4.13. The zero-order valence-corrected chi connectivity index (χ0v) is 13.5. The van der Waals surface area contributed by atoms with Gasteiger partial charge in [-0.05, 0) is 44.7 Å². The van der Waals surface area contributed by atoms with Crippen molar-refractivity contribution in [2.24, 2.45) is 0 Å². The SMILES string of the molecule is CCC(=O)/C(C)=C1\Sc2ccccc2N1C1=CCCCC1. The molecule has 0 aromatic heterocycles. The summed E-state index contributed by atoms with van der Waals surface area (Å²) in [7, 11) is 0. The fraction of sp³-hybridized carbons (Fsp3) is 0.389. The van der Waals surface area contributed by atoms with E-state index in [2.05, 4.69) is 35.2 Å². The number of hydrogen-bond acceptors (Lipinski definition) is 3. The first-order valence-corrected chi connectivity index (χ1v) is 8.54. The number of hydrogen-bond donors (Lipinski definition) is 0. The van der Waals surface area contributed by atoms with Crippen LogP contribution in [0.3, 0.4) is 0 Å². The van der Waals surface area contributed by atoms with Crippen LogP contribution in [-0.2, 0) is 4.79 Å². The maximum Gasteiger partial charge on any atom is 0.160 e. The van der Waals surface area contributed by atoms with Crippen LogP contribution in [0.25, 0.3) is 0 Å². The highest BCUT2D eigenvalue weighted by Crippen LogP contribution is 2.50. The summed E-state index contributed by atoms with van der Waals surface area (Å²) < 4.78 is 0. The van der Waals surface area contributed by atoms with Crippen LogP contribution in [0, 0.1) is 0 Å². The first kappa shape index (κ1) is 14.5. The minimum absolute atomic E-state index is 0.242. The molecule has 0 fully saturated rings. The molecule has 21 heavy (non-hydrogen) atoms. The summed E-state index contributed by atoms with van der Waals surface area (Å²) in [4.78, 5) is 15.7. The molecule has 110 valence electrons. The molecular formula is C18H21NOS. The summed E-state index contributed by atoms with van der Waals surface area (Å²) in [6, 6.07) is 8.45. The average molecular weight is 299 g/mol. The lowest BCUT2D eigenvalue weighted by Gasteiger charge is -2.27. The van der Waals surface area contributed by atoms with Gasteiger partial charge in [-0.1, -0.05) is 36.9 Å². The molecule has 1 heterocycles. The van der Waals surface area contributed by atoms with Crippen molar-refractivity contribution in [2.45, 2.75) is 50.8 Å². The van der Waals surface area contributed by atoms with Gasteiger partial charge in [-0.2, -0.15) is 0 Å². The lowest BCUT2D eigenvalue weighted by Crippen LogP contribution is -2.21. The standard InChI is InChI=1S/C18H21NOS/c1-3-16(20)13(2)18-19(14-9-5-4-6-10-14)15-11-7-8-12-17(15)21-18/h7-9,11-12H,3-6,10H2,1-2H3/b18-13-. The topological polar surface area (TPSA) is 20.3 Å². The predicted molar refractivity (Wildman–Crippen MR) is 89.3 cm³/mol. The van der Waals surface area contributed by atoms with Crippen LogP contribution >= 0.6 is 11.8 Å². The molecule has 0 saturated heterocycles. The predicted octanol–water partition coefficient (Wildman–Crippen LogP) is 5.27. The molecule has 0 bridgehead atoms. The molecule has 0 amide bonds. The second-order valence-corrected chi connectivity index (χ2v) is 6.58. The van der Waals surface area contributed by atoms with Crippen LogP contribution in [0.1, 0.15) is 46.0 Å². The Morgan fingerprint density at radius 2 is 2.10 bits per heavy atom. The Balaban J connectivity index is 2.09. The van der Waals surface area contributed by atoms with E-state index in [4.69, 9.17) is 0 Å². The van der Waals surface area contributed by atoms with E-state index in [-0.39, 0.29) is 5.78 Å². The van der Waals surface area contributed by atoms with Crippen molar-refractivity contribution in [3.63, 3.8) is 0 Å². The maximum absolute atomic E-state index is 12.2. The average Bonchev–Trinajstić information content (AvgIpc) is 2.93. The Morgan fingerprint density at radius 1 is 1.29 bits per heavy atom. The number of carbonyl (C=O) groups is 1. The summed E-state index contributed by atoms with van der Waals surface area (Å²) in [5.74, 6) is 0.242. The first-order valence-electron chi connectivity index (χ1n) is 7.72. The van der Waals surface area contributed by atoms with Gasteiger partial charge in [0.1, 0.15) is 0 Å². The Hall–Kier alpha value is -1.48. The van der Waals surface area contributed by atoms with Crippen LogP contribution in [0.4, 0.5) is 5.69 Å². The molecule has 2 nitrogen and oxygen atoms in total. The molecule has 3 heteroatoms. The zero-order chi connectivity index (χ0) is 14.8. The monoisotopic (exact) mass is 299 g/mol. The van der Waals surface area contributed by atoms with Gasteiger partial charge in [-0.25, -0.2) is 0 Å². The van der Waals surface area contributed by atoms with Gasteiger partial charge in [0.2, 0.25) is 0 Å². The smallest absolute Gasteiger partial charge is 0.160 e. The number of nitrogens with zero attached hydrogens (tertiary/aromatic N) is 1. The van der Waals surface area contributed by atoms with Crippen molar-refractivity contribution in [1.82, 2.24) is 0 Å². The van der Waals surface area contributed by atoms with Gasteiger partial charge in [0.25, 0.3) is 0 Å². The molecule has 0 radical (unpaired) electrons. The van der Waals surface area contributed by atoms with Crippen LogP contribution in [0.15, 0.2) is 51.5 Å². The normalized spacial score (nSPS) is 20.1. The highest BCUT2D eigenvalue weighted by molar-refractivity contribution is 8.03. The van der Waals surface area contributed by atoms with Crippen molar-refractivity contribution in [3.05, 3.63) is 46.6 Å². The van der Waals surface area contributed by atoms with Gasteiger partial charge in [-0.3, -0.25) is 4.79 Å². The van der Waals surface area contributed by atoms with Crippen molar-refractivity contribution >= 4 is 23.2 Å². The molecule has 0 atom stereocenters. The van der Waals surface area contributed by atoms with E-state index >= 15 is 0 Å². The second-order valence-electron chi connectivity index (χ2n) is 5.55. The van der Waals surface area contributed by atoms with Crippen LogP contribution in [0.5, 0.6) is 0 Å². The van der Waals surface area contributed by atoms with E-state index in [1.54, 1.807) is 11.8 Å². The minimum Gasteiger partial charge on any atom is -0.307 e. The van der Waals surface area contributed by atoms with Crippen LogP contribution in [0.2, 0.25) is 0 Å². The summed E-state index contributed by atoms with van der Waals surface area (Å²) in [6.07, 6.45) is 7.68. The van der Waals surface area contributed by atoms with Crippen molar-refractivity contribution in [3.8, 4) is 0 Å². The number of thioether (sulfide) groups is 1. The van der Waals surface area contributed by atoms with Gasteiger partial charge in [0.15, 0.2) is 5.78 Å². The molecular weight excluding hydrogens is 278 g/mol. The lowest BCUT2D eigenvalue weighted by molar-refractivity contribution is -0.115. The number of allylic oxidation sites excluding steroid dienone is 3. The molecule has 0 saturated carbocycles.